The number of aromatic nitrogens is 4. The Kier molecular flexibility index (Phi) is 5.53. The lowest BCUT2D eigenvalue weighted by molar-refractivity contribution is -0.384. The molecule has 0 saturated carbocycles. The molecule has 0 amide bonds. The van der Waals surface area contributed by atoms with Crippen molar-refractivity contribution in [3.05, 3.63) is 46.3 Å². The van der Waals surface area contributed by atoms with Crippen LogP contribution in [0.15, 0.2) is 35.7 Å². The van der Waals surface area contributed by atoms with Crippen molar-refractivity contribution in [1.29, 1.82) is 0 Å². The Morgan fingerprint density at radius 2 is 2.10 bits per heavy atom. The van der Waals surface area contributed by atoms with Crippen LogP contribution in [0.4, 0.5) is 11.5 Å². The van der Waals surface area contributed by atoms with Gasteiger partial charge in [0, 0.05) is 17.9 Å². The lowest BCUT2D eigenvalue weighted by atomic mass is 10.1. The van der Waals surface area contributed by atoms with Crippen molar-refractivity contribution in [2.75, 3.05) is 12.3 Å². The minimum atomic E-state index is -1.34. The second kappa shape index (κ2) is 8.12. The van der Waals surface area contributed by atoms with Gasteiger partial charge < -0.3 is 25.8 Å². The summed E-state index contributed by atoms with van der Waals surface area (Å²) in [6.45, 7) is -0.478. The van der Waals surface area contributed by atoms with Crippen LogP contribution in [0.25, 0.3) is 11.2 Å². The third kappa shape index (κ3) is 3.57. The number of nitro groups is 1. The Bertz CT molecular complexity index is 1090. The standard InChI is InChI=1S/C17H18N6O6S/c18-14-11-15(20-7-19-14)22(16-13(26)12(25)10(5-24)29-16)17(21-11)30-6-8-2-1-3-9(4-8)23(27)28/h1-4,7,10,12-13,16,24-26H,5-6H2,(H2,18,19,20)/t10-,12?,13?,16-/m1/s1. The van der Waals surface area contributed by atoms with Crippen LogP contribution in [0.2, 0.25) is 0 Å². The molecular weight excluding hydrogens is 416 g/mol. The fraction of sp³-hybridized carbons (Fsp3) is 0.353. The predicted octanol–water partition coefficient (Wildman–Crippen LogP) is 0.220. The van der Waals surface area contributed by atoms with Crippen molar-refractivity contribution in [3.63, 3.8) is 0 Å². The summed E-state index contributed by atoms with van der Waals surface area (Å²) in [7, 11) is 0. The Morgan fingerprint density at radius 1 is 1.30 bits per heavy atom. The molecule has 4 atom stereocenters. The Hall–Kier alpha value is -2.84. The summed E-state index contributed by atoms with van der Waals surface area (Å²) in [6.07, 6.45) is -3.44. The van der Waals surface area contributed by atoms with Crippen molar-refractivity contribution in [3.8, 4) is 0 Å². The van der Waals surface area contributed by atoms with Gasteiger partial charge in [0.05, 0.1) is 11.5 Å². The van der Waals surface area contributed by atoms with Crippen LogP contribution in [0.1, 0.15) is 11.8 Å². The molecule has 3 aromatic rings. The number of aliphatic hydroxyl groups is 3. The molecule has 1 saturated heterocycles. The number of nitrogen functional groups attached to an aromatic ring is 1. The van der Waals surface area contributed by atoms with Gasteiger partial charge in [-0.2, -0.15) is 0 Å². The zero-order valence-electron chi connectivity index (χ0n) is 15.4. The molecule has 0 spiro atoms. The van der Waals surface area contributed by atoms with Gasteiger partial charge in [0.15, 0.2) is 28.4 Å². The van der Waals surface area contributed by atoms with Gasteiger partial charge in [0.25, 0.3) is 5.69 Å². The third-order valence-electron chi connectivity index (χ3n) is 4.73. The van der Waals surface area contributed by atoms with Crippen LogP contribution in [0.5, 0.6) is 0 Å². The summed E-state index contributed by atoms with van der Waals surface area (Å²) in [5.41, 5.74) is 7.15. The van der Waals surface area contributed by atoms with Gasteiger partial charge in [-0.15, -0.1) is 0 Å². The second-order valence-corrected chi connectivity index (χ2v) is 7.58. The highest BCUT2D eigenvalue weighted by Crippen LogP contribution is 2.37. The Morgan fingerprint density at radius 3 is 2.80 bits per heavy atom. The van der Waals surface area contributed by atoms with E-state index in [-0.39, 0.29) is 17.0 Å². The van der Waals surface area contributed by atoms with Gasteiger partial charge in [0.1, 0.15) is 24.6 Å². The SMILES string of the molecule is Nc1ncnc2c1nc(SCc1cccc([N+](=O)[O-])c1)n2[C@@H]1O[C@H](CO)C(O)C1O. The van der Waals surface area contributed by atoms with Gasteiger partial charge in [-0.1, -0.05) is 23.9 Å². The lowest BCUT2D eigenvalue weighted by Gasteiger charge is -2.19. The number of imidazole rings is 1. The first-order valence-electron chi connectivity index (χ1n) is 8.87. The van der Waals surface area contributed by atoms with E-state index >= 15 is 0 Å². The largest absolute Gasteiger partial charge is 0.394 e. The molecule has 3 heterocycles. The van der Waals surface area contributed by atoms with E-state index in [1.165, 1.54) is 34.8 Å². The number of nitrogens with two attached hydrogens (primary N) is 1. The highest BCUT2D eigenvalue weighted by molar-refractivity contribution is 7.98. The number of fused-ring (bicyclic) bond motifs is 1. The van der Waals surface area contributed by atoms with Crippen LogP contribution in [0, 0.1) is 10.1 Å². The van der Waals surface area contributed by atoms with Crippen molar-refractivity contribution >= 4 is 34.4 Å². The van der Waals surface area contributed by atoms with Crippen molar-refractivity contribution < 1.29 is 25.0 Å². The molecule has 1 aromatic carbocycles. The summed E-state index contributed by atoms with van der Waals surface area (Å²) in [4.78, 5) is 23.1. The zero-order chi connectivity index (χ0) is 21.4. The van der Waals surface area contributed by atoms with Gasteiger partial charge in [-0.3, -0.25) is 14.7 Å². The molecule has 2 aromatic heterocycles. The zero-order valence-corrected chi connectivity index (χ0v) is 16.2. The van der Waals surface area contributed by atoms with E-state index in [0.29, 0.717) is 22.1 Å². The maximum absolute atomic E-state index is 11.0. The average molecular weight is 434 g/mol. The first kappa shape index (κ1) is 20.4. The number of aliphatic hydroxyl groups excluding tert-OH is 3. The topological polar surface area (TPSA) is 183 Å². The quantitative estimate of drug-likeness (QED) is 0.236. The van der Waals surface area contributed by atoms with Gasteiger partial charge in [-0.05, 0) is 5.56 Å². The summed E-state index contributed by atoms with van der Waals surface area (Å²) in [6, 6.07) is 6.19. The maximum atomic E-state index is 11.0. The van der Waals surface area contributed by atoms with Crippen molar-refractivity contribution in [2.24, 2.45) is 0 Å². The van der Waals surface area contributed by atoms with E-state index in [2.05, 4.69) is 15.0 Å². The lowest BCUT2D eigenvalue weighted by Crippen LogP contribution is -2.33. The van der Waals surface area contributed by atoms with Crippen LogP contribution in [0.3, 0.4) is 0 Å². The number of hydrogen-bond donors (Lipinski definition) is 4. The monoisotopic (exact) mass is 434 g/mol. The van der Waals surface area contributed by atoms with Crippen LogP contribution in [-0.4, -0.2) is 64.7 Å². The van der Waals surface area contributed by atoms with Crippen LogP contribution >= 0.6 is 11.8 Å². The van der Waals surface area contributed by atoms with E-state index in [1.807, 2.05) is 0 Å². The first-order valence-corrected chi connectivity index (χ1v) is 9.86. The van der Waals surface area contributed by atoms with Crippen LogP contribution in [-0.2, 0) is 10.5 Å². The van der Waals surface area contributed by atoms with Gasteiger partial charge >= 0.3 is 0 Å². The van der Waals surface area contributed by atoms with E-state index in [0.717, 1.165) is 0 Å². The molecule has 158 valence electrons. The summed E-state index contributed by atoms with van der Waals surface area (Å²) in [5, 5.41) is 41.4. The van der Waals surface area contributed by atoms with E-state index in [1.54, 1.807) is 12.1 Å². The molecule has 1 aliphatic rings. The third-order valence-corrected chi connectivity index (χ3v) is 5.76. The number of hydrogen-bond acceptors (Lipinski definition) is 11. The average Bonchev–Trinajstić information content (AvgIpc) is 3.25. The molecule has 1 fully saturated rings. The van der Waals surface area contributed by atoms with Gasteiger partial charge in [0.2, 0.25) is 0 Å². The van der Waals surface area contributed by atoms with Crippen molar-refractivity contribution in [1.82, 2.24) is 19.5 Å². The maximum Gasteiger partial charge on any atom is 0.269 e. The normalized spacial score (nSPS) is 23.8. The highest BCUT2D eigenvalue weighted by Gasteiger charge is 2.45. The Labute approximate surface area is 173 Å². The summed E-state index contributed by atoms with van der Waals surface area (Å²) >= 11 is 1.22. The number of non-ortho nitro benzene ring substituents is 1. The number of rotatable bonds is 6. The molecule has 2 unspecified atom stereocenters. The van der Waals surface area contributed by atoms with E-state index in [9.17, 15) is 25.4 Å². The molecule has 1 aliphatic heterocycles. The molecule has 4 rings (SSSR count). The fourth-order valence-corrected chi connectivity index (χ4v) is 4.20. The smallest absolute Gasteiger partial charge is 0.269 e. The molecule has 12 nitrogen and oxygen atoms in total. The number of thioether (sulfide) groups is 1. The molecular formula is C17H18N6O6S. The summed E-state index contributed by atoms with van der Waals surface area (Å²) < 4.78 is 7.12. The van der Waals surface area contributed by atoms with Gasteiger partial charge in [-0.25, -0.2) is 15.0 Å². The predicted molar refractivity (Wildman–Crippen MR) is 105 cm³/mol. The molecule has 0 bridgehead atoms. The van der Waals surface area contributed by atoms with E-state index < -0.39 is 36.1 Å². The second-order valence-electron chi connectivity index (χ2n) is 6.64. The molecule has 0 radical (unpaired) electrons. The van der Waals surface area contributed by atoms with Crippen LogP contribution < -0.4 is 5.73 Å². The molecule has 13 heteroatoms. The Balaban J connectivity index is 1.71. The number of benzene rings is 1. The number of nitrogens with zero attached hydrogens (tertiary/aromatic N) is 5. The molecule has 30 heavy (non-hydrogen) atoms. The minimum Gasteiger partial charge on any atom is -0.394 e. The minimum absolute atomic E-state index is 0.0276. The molecule has 5 N–H and O–H groups in total. The number of anilines is 1. The highest BCUT2D eigenvalue weighted by atomic mass is 32.2. The number of nitro benzene ring substituents is 1. The first-order chi connectivity index (χ1) is 14.4. The summed E-state index contributed by atoms with van der Waals surface area (Å²) in [5.74, 6) is 0.454. The van der Waals surface area contributed by atoms with Crippen molar-refractivity contribution in [2.45, 2.75) is 35.4 Å². The number of ether oxygens (including phenoxy) is 1. The van der Waals surface area contributed by atoms with E-state index in [4.69, 9.17) is 10.5 Å². The fourth-order valence-electron chi connectivity index (χ4n) is 3.24. The molecule has 0 aliphatic carbocycles.